The van der Waals surface area contributed by atoms with Gasteiger partial charge in [-0.05, 0) is 30.5 Å². The van der Waals surface area contributed by atoms with Crippen molar-refractivity contribution in [3.8, 4) is 0 Å². The molecule has 0 saturated carbocycles. The predicted octanol–water partition coefficient (Wildman–Crippen LogP) is 5.33. The van der Waals surface area contributed by atoms with Crippen molar-refractivity contribution in [1.82, 2.24) is 0 Å². The minimum atomic E-state index is 0.657. The van der Waals surface area contributed by atoms with Crippen molar-refractivity contribution in [1.29, 1.82) is 0 Å². The van der Waals surface area contributed by atoms with Gasteiger partial charge in [0, 0.05) is 10.1 Å². The molecular formula is C15H24S. The topological polar surface area (TPSA) is 0 Å². The van der Waals surface area contributed by atoms with E-state index < -0.39 is 0 Å². The van der Waals surface area contributed by atoms with E-state index in [2.05, 4.69) is 44.7 Å². The molecule has 0 saturated heterocycles. The first-order valence-corrected chi connectivity index (χ1v) is 6.97. The molecule has 0 aromatic heterocycles. The fourth-order valence-corrected chi connectivity index (χ4v) is 2.24. The van der Waals surface area contributed by atoms with Gasteiger partial charge in [-0.15, -0.1) is 18.3 Å². The molecule has 0 nitrogen and oxygen atoms in total. The number of hydrogen-bond acceptors (Lipinski definition) is 1. The maximum absolute atomic E-state index is 3.74. The van der Waals surface area contributed by atoms with Gasteiger partial charge in [-0.25, -0.2) is 0 Å². The van der Waals surface area contributed by atoms with E-state index in [9.17, 15) is 0 Å². The summed E-state index contributed by atoms with van der Waals surface area (Å²) in [6.07, 6.45) is 4.15. The number of allylic oxidation sites excluding steroid dienone is 1. The van der Waals surface area contributed by atoms with E-state index in [0.29, 0.717) is 5.25 Å². The second-order valence-corrected chi connectivity index (χ2v) is 5.29. The summed E-state index contributed by atoms with van der Waals surface area (Å²) in [4.78, 5) is 1.38. The van der Waals surface area contributed by atoms with E-state index in [1.54, 1.807) is 0 Å². The van der Waals surface area contributed by atoms with Crippen molar-refractivity contribution in [2.45, 2.75) is 50.7 Å². The summed E-state index contributed by atoms with van der Waals surface area (Å²) in [6.45, 7) is 12.2. The summed E-state index contributed by atoms with van der Waals surface area (Å²) >= 11 is 1.92. The lowest BCUT2D eigenvalue weighted by molar-refractivity contribution is 0.996. The monoisotopic (exact) mass is 236 g/mol. The van der Waals surface area contributed by atoms with Gasteiger partial charge < -0.3 is 0 Å². The fraction of sp³-hybridized carbons (Fsp3) is 0.467. The number of hydrogen-bond donors (Lipinski definition) is 0. The number of thioether (sulfide) groups is 1. The molecule has 1 aromatic carbocycles. The smallest absolute Gasteiger partial charge is 0.00773 e. The summed E-state index contributed by atoms with van der Waals surface area (Å²) in [5.74, 6) is 0. The standard InChI is InChI=1S/C13H18S.C2H6/c1-4-5-7-12-8-6-9-13(10-12)14-11(2)3;1-2/h4,6,8-11H,1,5,7H2,2-3H3;1-2H3. The molecular weight excluding hydrogens is 212 g/mol. The number of benzene rings is 1. The van der Waals surface area contributed by atoms with Gasteiger partial charge in [0.2, 0.25) is 0 Å². The summed E-state index contributed by atoms with van der Waals surface area (Å²) in [5, 5.41) is 0.657. The van der Waals surface area contributed by atoms with Crippen LogP contribution in [0.3, 0.4) is 0 Å². The first-order chi connectivity index (χ1) is 7.72. The van der Waals surface area contributed by atoms with E-state index in [1.165, 1.54) is 10.5 Å². The number of aryl methyl sites for hydroxylation is 1. The highest BCUT2D eigenvalue weighted by molar-refractivity contribution is 7.99. The molecule has 90 valence electrons. The normalized spacial score (nSPS) is 9.56. The third-order valence-corrected chi connectivity index (χ3v) is 2.90. The lowest BCUT2D eigenvalue weighted by atomic mass is 10.1. The molecule has 0 fully saturated rings. The molecule has 0 radical (unpaired) electrons. The molecule has 0 aliphatic heterocycles. The predicted molar refractivity (Wildman–Crippen MR) is 77.3 cm³/mol. The van der Waals surface area contributed by atoms with Gasteiger partial charge in [0.05, 0.1) is 0 Å². The van der Waals surface area contributed by atoms with Crippen LogP contribution in [-0.4, -0.2) is 5.25 Å². The first kappa shape index (κ1) is 15.3. The highest BCUT2D eigenvalue weighted by Gasteiger charge is 1.99. The van der Waals surface area contributed by atoms with Gasteiger partial charge in [0.1, 0.15) is 0 Å². The molecule has 1 rings (SSSR count). The molecule has 0 atom stereocenters. The molecule has 0 heterocycles. The summed E-state index contributed by atoms with van der Waals surface area (Å²) in [5.41, 5.74) is 1.41. The average molecular weight is 236 g/mol. The molecule has 0 unspecified atom stereocenters. The lowest BCUT2D eigenvalue weighted by Crippen LogP contribution is -1.88. The van der Waals surface area contributed by atoms with Crippen molar-refractivity contribution in [2.24, 2.45) is 0 Å². The second-order valence-electron chi connectivity index (χ2n) is 3.64. The Labute approximate surface area is 105 Å². The van der Waals surface area contributed by atoms with Crippen molar-refractivity contribution in [2.75, 3.05) is 0 Å². The van der Waals surface area contributed by atoms with Crippen LogP contribution in [0.25, 0.3) is 0 Å². The third kappa shape index (κ3) is 6.73. The molecule has 0 spiro atoms. The molecule has 1 heteroatoms. The maximum atomic E-state index is 3.74. The molecule has 16 heavy (non-hydrogen) atoms. The van der Waals surface area contributed by atoms with Crippen LogP contribution in [-0.2, 0) is 6.42 Å². The second kappa shape index (κ2) is 9.53. The Morgan fingerprint density at radius 3 is 2.56 bits per heavy atom. The molecule has 0 bridgehead atoms. The lowest BCUT2D eigenvalue weighted by Gasteiger charge is -2.06. The van der Waals surface area contributed by atoms with E-state index in [4.69, 9.17) is 0 Å². The van der Waals surface area contributed by atoms with Gasteiger partial charge in [0.25, 0.3) is 0 Å². The van der Waals surface area contributed by atoms with Crippen LogP contribution in [0.5, 0.6) is 0 Å². The van der Waals surface area contributed by atoms with Gasteiger partial charge in [-0.1, -0.05) is 45.9 Å². The Morgan fingerprint density at radius 2 is 2.00 bits per heavy atom. The van der Waals surface area contributed by atoms with Crippen LogP contribution in [0.15, 0.2) is 41.8 Å². The highest BCUT2D eigenvalue weighted by Crippen LogP contribution is 2.23. The van der Waals surface area contributed by atoms with Crippen LogP contribution >= 0.6 is 11.8 Å². The zero-order chi connectivity index (χ0) is 12.4. The Balaban J connectivity index is 0.00000106. The van der Waals surface area contributed by atoms with Crippen LogP contribution in [0.1, 0.15) is 39.7 Å². The Hall–Kier alpha value is -0.690. The van der Waals surface area contributed by atoms with Crippen molar-refractivity contribution < 1.29 is 0 Å². The third-order valence-electron chi connectivity index (χ3n) is 1.91. The van der Waals surface area contributed by atoms with Gasteiger partial charge >= 0.3 is 0 Å². The minimum absolute atomic E-state index is 0.657. The quantitative estimate of drug-likeness (QED) is 0.492. The first-order valence-electron chi connectivity index (χ1n) is 6.09. The van der Waals surface area contributed by atoms with E-state index >= 15 is 0 Å². The highest BCUT2D eigenvalue weighted by atomic mass is 32.2. The van der Waals surface area contributed by atoms with Crippen LogP contribution in [0.4, 0.5) is 0 Å². The largest absolute Gasteiger partial charge is 0.123 e. The summed E-state index contributed by atoms with van der Waals surface area (Å²) < 4.78 is 0. The average Bonchev–Trinajstić information content (AvgIpc) is 2.29. The Morgan fingerprint density at radius 1 is 1.31 bits per heavy atom. The molecule has 0 N–H and O–H groups in total. The maximum Gasteiger partial charge on any atom is 0.00773 e. The van der Waals surface area contributed by atoms with Gasteiger partial charge in [-0.2, -0.15) is 0 Å². The minimum Gasteiger partial charge on any atom is -0.123 e. The van der Waals surface area contributed by atoms with Gasteiger partial charge in [-0.3, -0.25) is 0 Å². The zero-order valence-electron chi connectivity index (χ0n) is 11.0. The Bertz CT molecular complexity index is 289. The SMILES string of the molecule is C=CCCc1cccc(SC(C)C)c1.CC. The number of rotatable bonds is 5. The van der Waals surface area contributed by atoms with Crippen LogP contribution < -0.4 is 0 Å². The van der Waals surface area contributed by atoms with Crippen LogP contribution in [0.2, 0.25) is 0 Å². The molecule has 0 aliphatic rings. The molecule has 0 amide bonds. The van der Waals surface area contributed by atoms with Crippen molar-refractivity contribution in [3.05, 3.63) is 42.5 Å². The fourth-order valence-electron chi connectivity index (χ4n) is 1.32. The van der Waals surface area contributed by atoms with Crippen molar-refractivity contribution >= 4 is 11.8 Å². The summed E-state index contributed by atoms with van der Waals surface area (Å²) in [7, 11) is 0. The molecule has 0 aliphatic carbocycles. The summed E-state index contributed by atoms with van der Waals surface area (Å²) in [6, 6.07) is 8.80. The van der Waals surface area contributed by atoms with Crippen molar-refractivity contribution in [3.63, 3.8) is 0 Å². The van der Waals surface area contributed by atoms with Crippen LogP contribution in [0, 0.1) is 0 Å². The Kier molecular flexibility index (Phi) is 9.12. The van der Waals surface area contributed by atoms with E-state index in [0.717, 1.165) is 12.8 Å². The van der Waals surface area contributed by atoms with E-state index in [-0.39, 0.29) is 0 Å². The van der Waals surface area contributed by atoms with Gasteiger partial charge in [0.15, 0.2) is 0 Å². The molecule has 1 aromatic rings. The zero-order valence-corrected chi connectivity index (χ0v) is 11.8. The van der Waals surface area contributed by atoms with E-state index in [1.807, 2.05) is 31.7 Å².